The Morgan fingerprint density at radius 2 is 1.60 bits per heavy atom. The molecule has 2 amide bonds. The van der Waals surface area contributed by atoms with Crippen LogP contribution in [0, 0.1) is 0 Å². The highest BCUT2D eigenvalue weighted by Crippen LogP contribution is 2.44. The van der Waals surface area contributed by atoms with Gasteiger partial charge in [0.05, 0.1) is 11.7 Å². The molecule has 2 aromatic carbocycles. The molecule has 2 aromatic rings. The number of fused-ring (bicyclic) bond motifs is 3. The zero-order valence-electron chi connectivity index (χ0n) is 19.5. The zero-order chi connectivity index (χ0) is 25.3. The van der Waals surface area contributed by atoms with E-state index in [-0.39, 0.29) is 31.4 Å². The molecule has 1 fully saturated rings. The number of ether oxygens (including phenoxy) is 1. The Hall–Kier alpha value is -3.40. The van der Waals surface area contributed by atoms with Crippen LogP contribution in [0.25, 0.3) is 11.1 Å². The van der Waals surface area contributed by atoms with Crippen LogP contribution in [0.2, 0.25) is 0 Å². The second-order valence-corrected chi connectivity index (χ2v) is 11.5. The van der Waals surface area contributed by atoms with Crippen LogP contribution in [-0.2, 0) is 24.2 Å². The molecule has 0 bridgehead atoms. The third kappa shape index (κ3) is 5.17. The van der Waals surface area contributed by atoms with E-state index in [4.69, 9.17) is 4.74 Å². The molecule has 2 aliphatic rings. The number of carboxylic acids is 1. The number of carboxylic acid groups (broad SMARTS) is 1. The Morgan fingerprint density at radius 1 is 1.06 bits per heavy atom. The fourth-order valence-corrected chi connectivity index (χ4v) is 5.93. The molecule has 1 saturated carbocycles. The van der Waals surface area contributed by atoms with Crippen molar-refractivity contribution in [3.8, 4) is 11.1 Å². The molecule has 186 valence electrons. The molecule has 10 heteroatoms. The van der Waals surface area contributed by atoms with Gasteiger partial charge in [0, 0.05) is 25.3 Å². The van der Waals surface area contributed by atoms with E-state index < -0.39 is 45.5 Å². The maximum atomic E-state index is 12.9. The van der Waals surface area contributed by atoms with E-state index in [0.29, 0.717) is 0 Å². The summed E-state index contributed by atoms with van der Waals surface area (Å²) in [5, 5.41) is 11.1. The largest absolute Gasteiger partial charge is 0.481 e. The van der Waals surface area contributed by atoms with Crippen molar-refractivity contribution in [1.82, 2.24) is 10.2 Å². The molecule has 0 spiro atoms. The Labute approximate surface area is 204 Å². The summed E-state index contributed by atoms with van der Waals surface area (Å²) in [6, 6.07) is 14.1. The molecule has 0 saturated heterocycles. The molecule has 4 rings (SSSR count). The summed E-state index contributed by atoms with van der Waals surface area (Å²) in [7, 11) is -1.71. The smallest absolute Gasteiger partial charge is 0.407 e. The highest BCUT2D eigenvalue weighted by Gasteiger charge is 2.41. The summed E-state index contributed by atoms with van der Waals surface area (Å²) in [4.78, 5) is 38.2. The van der Waals surface area contributed by atoms with Crippen molar-refractivity contribution in [3.05, 3.63) is 59.7 Å². The minimum absolute atomic E-state index is 0.0301. The summed E-state index contributed by atoms with van der Waals surface area (Å²) in [6.45, 7) is 0.0301. The first-order valence-electron chi connectivity index (χ1n) is 11.3. The molecule has 35 heavy (non-hydrogen) atoms. The van der Waals surface area contributed by atoms with E-state index in [9.17, 15) is 27.9 Å². The van der Waals surface area contributed by atoms with Gasteiger partial charge in [-0.05, 0) is 35.1 Å². The number of amides is 2. The van der Waals surface area contributed by atoms with Crippen LogP contribution in [0.4, 0.5) is 4.79 Å². The van der Waals surface area contributed by atoms with Crippen molar-refractivity contribution in [2.45, 2.75) is 42.5 Å². The Kier molecular flexibility index (Phi) is 6.84. The predicted molar refractivity (Wildman–Crippen MR) is 129 cm³/mol. The SMILES string of the molecule is CN(C(=O)C(CC(=O)O)NC(=O)OCC1c2ccccc2-c2ccccc21)C1CC(S(C)(=O)=O)C1. The first-order valence-corrected chi connectivity index (χ1v) is 13.3. The number of hydrogen-bond acceptors (Lipinski definition) is 6. The van der Waals surface area contributed by atoms with Gasteiger partial charge in [0.25, 0.3) is 0 Å². The maximum Gasteiger partial charge on any atom is 0.407 e. The molecule has 0 radical (unpaired) electrons. The number of likely N-dealkylation sites (N-methyl/N-ethyl adjacent to an activating group) is 1. The topological polar surface area (TPSA) is 130 Å². The van der Waals surface area contributed by atoms with Crippen LogP contribution in [0.3, 0.4) is 0 Å². The minimum Gasteiger partial charge on any atom is -0.481 e. The molecular weight excluding hydrogens is 472 g/mol. The summed E-state index contributed by atoms with van der Waals surface area (Å²) in [5.41, 5.74) is 4.21. The van der Waals surface area contributed by atoms with Gasteiger partial charge in [0.2, 0.25) is 5.91 Å². The molecule has 0 heterocycles. The van der Waals surface area contributed by atoms with Crippen LogP contribution in [0.5, 0.6) is 0 Å². The van der Waals surface area contributed by atoms with Crippen molar-refractivity contribution < 1.29 is 32.6 Å². The lowest BCUT2D eigenvalue weighted by molar-refractivity contribution is -0.143. The first kappa shape index (κ1) is 24.7. The maximum absolute atomic E-state index is 12.9. The Balaban J connectivity index is 1.40. The summed E-state index contributed by atoms with van der Waals surface area (Å²) in [6.07, 6.45) is 0.219. The number of hydrogen-bond donors (Lipinski definition) is 2. The predicted octanol–water partition coefficient (Wildman–Crippen LogP) is 2.40. The van der Waals surface area contributed by atoms with Crippen LogP contribution < -0.4 is 5.32 Å². The van der Waals surface area contributed by atoms with Gasteiger partial charge in [0.1, 0.15) is 22.5 Å². The number of nitrogens with one attached hydrogen (secondary N) is 1. The molecular formula is C25H28N2O7S. The quantitative estimate of drug-likeness (QED) is 0.569. The van der Waals surface area contributed by atoms with Crippen LogP contribution in [0.15, 0.2) is 48.5 Å². The monoisotopic (exact) mass is 500 g/mol. The molecule has 1 unspecified atom stereocenters. The molecule has 9 nitrogen and oxygen atoms in total. The number of aliphatic carboxylic acids is 1. The van der Waals surface area contributed by atoms with Crippen LogP contribution in [0.1, 0.15) is 36.3 Å². The number of benzene rings is 2. The molecule has 2 aliphatic carbocycles. The average molecular weight is 501 g/mol. The lowest BCUT2D eigenvalue weighted by Crippen LogP contribution is -2.56. The third-order valence-corrected chi connectivity index (χ3v) is 8.48. The van der Waals surface area contributed by atoms with Crippen molar-refractivity contribution in [2.75, 3.05) is 19.9 Å². The van der Waals surface area contributed by atoms with E-state index in [0.717, 1.165) is 28.5 Å². The zero-order valence-corrected chi connectivity index (χ0v) is 20.3. The van der Waals surface area contributed by atoms with Crippen LogP contribution >= 0.6 is 0 Å². The summed E-state index contributed by atoms with van der Waals surface area (Å²) >= 11 is 0. The fraction of sp³-hybridized carbons (Fsp3) is 0.400. The molecule has 0 aromatic heterocycles. The summed E-state index contributed by atoms with van der Waals surface area (Å²) < 4.78 is 28.8. The van der Waals surface area contributed by atoms with E-state index >= 15 is 0 Å². The average Bonchev–Trinajstić information content (AvgIpc) is 3.08. The van der Waals surface area contributed by atoms with Gasteiger partial charge < -0.3 is 20.1 Å². The van der Waals surface area contributed by atoms with E-state index in [2.05, 4.69) is 5.32 Å². The van der Waals surface area contributed by atoms with Gasteiger partial charge in [-0.3, -0.25) is 9.59 Å². The second kappa shape index (κ2) is 9.69. The van der Waals surface area contributed by atoms with Gasteiger partial charge in [0.15, 0.2) is 0 Å². The highest BCUT2D eigenvalue weighted by atomic mass is 32.2. The normalized spacial score (nSPS) is 19.6. The van der Waals surface area contributed by atoms with Gasteiger partial charge >= 0.3 is 12.1 Å². The van der Waals surface area contributed by atoms with E-state index in [1.165, 1.54) is 11.9 Å². The third-order valence-electron chi connectivity index (χ3n) is 6.88. The first-order chi connectivity index (χ1) is 16.6. The number of rotatable bonds is 8. The number of carbonyl (C=O) groups excluding carboxylic acids is 2. The second-order valence-electron chi connectivity index (χ2n) is 9.15. The van der Waals surface area contributed by atoms with E-state index in [1.54, 1.807) is 0 Å². The van der Waals surface area contributed by atoms with Crippen molar-refractivity contribution in [3.63, 3.8) is 0 Å². The van der Waals surface area contributed by atoms with Crippen LogP contribution in [-0.4, -0.2) is 73.6 Å². The van der Waals surface area contributed by atoms with Crippen molar-refractivity contribution >= 4 is 27.8 Å². The molecule has 0 aliphatic heterocycles. The fourth-order valence-electron chi connectivity index (χ4n) is 4.79. The number of nitrogens with zero attached hydrogens (tertiary/aromatic N) is 1. The molecule has 1 atom stereocenters. The number of alkyl carbamates (subject to hydrolysis) is 1. The minimum atomic E-state index is -3.20. The van der Waals surface area contributed by atoms with Gasteiger partial charge in [-0.1, -0.05) is 48.5 Å². The summed E-state index contributed by atoms with van der Waals surface area (Å²) in [5.74, 6) is -2.02. The van der Waals surface area contributed by atoms with Gasteiger partial charge in [-0.25, -0.2) is 13.2 Å². The number of carbonyl (C=O) groups is 3. The van der Waals surface area contributed by atoms with Crippen molar-refractivity contribution in [2.24, 2.45) is 0 Å². The lowest BCUT2D eigenvalue weighted by atomic mass is 9.90. The highest BCUT2D eigenvalue weighted by molar-refractivity contribution is 7.91. The lowest BCUT2D eigenvalue weighted by Gasteiger charge is -2.41. The van der Waals surface area contributed by atoms with E-state index in [1.807, 2.05) is 48.5 Å². The Morgan fingerprint density at radius 3 is 2.11 bits per heavy atom. The van der Waals surface area contributed by atoms with Crippen molar-refractivity contribution in [1.29, 1.82) is 0 Å². The van der Waals surface area contributed by atoms with Gasteiger partial charge in [-0.2, -0.15) is 0 Å². The molecule has 2 N–H and O–H groups in total. The Bertz CT molecular complexity index is 1210. The standard InChI is InChI=1S/C25H28N2O7S/c1-27(15-11-16(12-15)35(2,32)33)24(30)22(13-23(28)29)26-25(31)34-14-21-19-9-5-3-7-17(19)18-8-4-6-10-20(18)21/h3-10,15-16,21-22H,11-14H2,1-2H3,(H,26,31)(H,28,29). The number of sulfone groups is 1. The van der Waals surface area contributed by atoms with Gasteiger partial charge in [-0.15, -0.1) is 0 Å².